The Kier molecular flexibility index (Phi) is 6.35. The summed E-state index contributed by atoms with van der Waals surface area (Å²) < 4.78 is 13.1. The van der Waals surface area contributed by atoms with Crippen molar-refractivity contribution in [3.63, 3.8) is 0 Å². The van der Waals surface area contributed by atoms with Gasteiger partial charge in [-0.05, 0) is 118 Å². The molecule has 4 aliphatic carbocycles. The Morgan fingerprint density at radius 2 is 1.54 bits per heavy atom. The van der Waals surface area contributed by atoms with Crippen molar-refractivity contribution in [1.82, 2.24) is 0 Å². The molecule has 212 valence electrons. The van der Waals surface area contributed by atoms with Crippen molar-refractivity contribution in [2.24, 2.45) is 45.3 Å². The monoisotopic (exact) mass is 518 g/mol. The molecule has 5 rings (SSSR count). The van der Waals surface area contributed by atoms with Crippen LogP contribution in [0, 0.1) is 45.3 Å². The van der Waals surface area contributed by atoms with Crippen LogP contribution in [0.2, 0.25) is 0 Å². The van der Waals surface area contributed by atoms with Crippen molar-refractivity contribution in [1.29, 1.82) is 0 Å². The molecule has 5 aliphatic rings. The normalized spacial score (nSPS) is 53.2. The van der Waals surface area contributed by atoms with Gasteiger partial charge in [-0.1, -0.05) is 34.6 Å². The number of rotatable bonds is 3. The van der Waals surface area contributed by atoms with E-state index in [2.05, 4.69) is 41.5 Å². The van der Waals surface area contributed by atoms with Gasteiger partial charge in [0.15, 0.2) is 0 Å². The zero-order valence-corrected chi connectivity index (χ0v) is 25.0. The molecular weight excluding hydrogens is 464 g/mol. The number of aliphatic hydroxyl groups excluding tert-OH is 1. The first-order chi connectivity index (χ1) is 16.9. The van der Waals surface area contributed by atoms with Crippen LogP contribution in [0.15, 0.2) is 0 Å². The van der Waals surface area contributed by atoms with E-state index in [-0.39, 0.29) is 57.5 Å². The number of ether oxygens (including phenoxy) is 2. The highest BCUT2D eigenvalue weighted by Gasteiger charge is 2.72. The van der Waals surface area contributed by atoms with E-state index < -0.39 is 5.60 Å². The minimum absolute atomic E-state index is 0.0294. The van der Waals surface area contributed by atoms with Gasteiger partial charge in [0.1, 0.15) is 6.10 Å². The number of fused-ring (bicyclic) bond motifs is 5. The van der Waals surface area contributed by atoms with E-state index in [1.54, 1.807) is 6.92 Å². The molecule has 11 atom stereocenters. The molecule has 5 nitrogen and oxygen atoms in total. The van der Waals surface area contributed by atoms with Crippen molar-refractivity contribution in [2.75, 3.05) is 0 Å². The zero-order chi connectivity index (χ0) is 27.4. The first-order valence-electron chi connectivity index (χ1n) is 15.2. The summed E-state index contributed by atoms with van der Waals surface area (Å²) in [5, 5.41) is 21.7. The van der Waals surface area contributed by atoms with Crippen LogP contribution in [-0.2, 0) is 14.3 Å². The average molecular weight is 519 g/mol. The molecular formula is C32H54O5. The molecule has 5 fully saturated rings. The molecule has 4 saturated carbocycles. The Bertz CT molecular complexity index is 923. The van der Waals surface area contributed by atoms with Crippen LogP contribution in [-0.4, -0.2) is 45.7 Å². The van der Waals surface area contributed by atoms with Crippen LogP contribution >= 0.6 is 0 Å². The first-order valence-corrected chi connectivity index (χ1v) is 15.2. The molecule has 0 aromatic heterocycles. The van der Waals surface area contributed by atoms with Crippen LogP contribution in [0.25, 0.3) is 0 Å². The standard InChI is InChI=1S/C32H54O5/c1-19(33)36-22-18-21-20(32(9)17-13-25(37-32)28(4,5)35)10-15-30(21,7)31(8)16-11-23-27(2,3)24(34)12-14-29(23,6)26(22)31/h20-26,34-35H,10-18H2,1-9H3/t20-,21?,22+,23?,24+,25?,26?,29-,30+,31+,32-/m0/s1. The van der Waals surface area contributed by atoms with E-state index in [1.165, 1.54) is 6.42 Å². The predicted molar refractivity (Wildman–Crippen MR) is 145 cm³/mol. The number of carbonyl (C=O) groups excluding carboxylic acids is 1. The lowest BCUT2D eigenvalue weighted by Gasteiger charge is -2.71. The van der Waals surface area contributed by atoms with Gasteiger partial charge < -0.3 is 19.7 Å². The Morgan fingerprint density at radius 1 is 0.892 bits per heavy atom. The van der Waals surface area contributed by atoms with Gasteiger partial charge in [-0.15, -0.1) is 0 Å². The molecule has 0 aromatic carbocycles. The summed E-state index contributed by atoms with van der Waals surface area (Å²) in [6, 6.07) is 0. The van der Waals surface area contributed by atoms with Crippen LogP contribution in [0.5, 0.6) is 0 Å². The summed E-state index contributed by atoms with van der Waals surface area (Å²) in [7, 11) is 0. The minimum Gasteiger partial charge on any atom is -0.462 e. The second kappa shape index (κ2) is 8.43. The van der Waals surface area contributed by atoms with Gasteiger partial charge in [-0.3, -0.25) is 4.79 Å². The van der Waals surface area contributed by atoms with Crippen LogP contribution < -0.4 is 0 Å². The van der Waals surface area contributed by atoms with E-state index in [1.807, 2.05) is 13.8 Å². The Hall–Kier alpha value is -0.650. The quantitative estimate of drug-likeness (QED) is 0.430. The van der Waals surface area contributed by atoms with Gasteiger partial charge in [-0.2, -0.15) is 0 Å². The van der Waals surface area contributed by atoms with Crippen molar-refractivity contribution < 1.29 is 24.5 Å². The third-order valence-electron chi connectivity index (χ3n) is 13.5. The minimum atomic E-state index is -0.838. The lowest BCUT2D eigenvalue weighted by atomic mass is 9.35. The lowest BCUT2D eigenvalue weighted by molar-refractivity contribution is -0.261. The molecule has 1 saturated heterocycles. The van der Waals surface area contributed by atoms with Crippen LogP contribution in [0.4, 0.5) is 0 Å². The molecule has 1 heterocycles. The van der Waals surface area contributed by atoms with Gasteiger partial charge in [0.2, 0.25) is 0 Å². The Balaban J connectivity index is 1.54. The number of aliphatic hydroxyl groups is 2. The third-order valence-corrected chi connectivity index (χ3v) is 13.5. The Morgan fingerprint density at radius 3 is 2.14 bits per heavy atom. The van der Waals surface area contributed by atoms with E-state index in [0.717, 1.165) is 51.4 Å². The number of hydrogen-bond donors (Lipinski definition) is 2. The van der Waals surface area contributed by atoms with Crippen molar-refractivity contribution in [3.05, 3.63) is 0 Å². The van der Waals surface area contributed by atoms with Gasteiger partial charge in [0.05, 0.1) is 23.4 Å². The molecule has 0 aromatic rings. The smallest absolute Gasteiger partial charge is 0.302 e. The van der Waals surface area contributed by atoms with E-state index in [9.17, 15) is 15.0 Å². The molecule has 37 heavy (non-hydrogen) atoms. The maximum atomic E-state index is 12.5. The molecule has 1 aliphatic heterocycles. The summed E-state index contributed by atoms with van der Waals surface area (Å²) in [5.74, 6) is 1.36. The Labute approximate surface area is 225 Å². The third kappa shape index (κ3) is 3.83. The summed E-state index contributed by atoms with van der Waals surface area (Å²) in [6.07, 6.45) is 8.65. The maximum absolute atomic E-state index is 12.5. The SMILES string of the molecule is CC(=O)O[C@@H]1CC2[C@@H]([C@]3(C)CCC(C(C)(C)O)O3)CC[C@@]2(C)[C@]2(C)CCC3C(C)(C)[C@H](O)CC[C@]3(C)C12. The zero-order valence-electron chi connectivity index (χ0n) is 25.0. The van der Waals surface area contributed by atoms with E-state index in [4.69, 9.17) is 9.47 Å². The van der Waals surface area contributed by atoms with E-state index >= 15 is 0 Å². The van der Waals surface area contributed by atoms with Crippen molar-refractivity contribution in [3.8, 4) is 0 Å². The highest BCUT2D eigenvalue weighted by molar-refractivity contribution is 5.66. The van der Waals surface area contributed by atoms with Gasteiger partial charge >= 0.3 is 5.97 Å². The molecule has 5 heteroatoms. The van der Waals surface area contributed by atoms with Crippen molar-refractivity contribution in [2.45, 2.75) is 150 Å². The maximum Gasteiger partial charge on any atom is 0.302 e. The predicted octanol–water partition coefficient (Wildman–Crippen LogP) is 6.28. The lowest BCUT2D eigenvalue weighted by Crippen LogP contribution is -2.68. The summed E-state index contributed by atoms with van der Waals surface area (Å²) in [4.78, 5) is 12.5. The number of esters is 1. The summed E-state index contributed by atoms with van der Waals surface area (Å²) in [5.41, 5.74) is -1.00. The largest absolute Gasteiger partial charge is 0.462 e. The average Bonchev–Trinajstić information content (AvgIpc) is 3.33. The fourth-order valence-corrected chi connectivity index (χ4v) is 11.4. The first kappa shape index (κ1) is 27.9. The molecule has 0 spiro atoms. The molecule has 0 radical (unpaired) electrons. The highest BCUT2D eigenvalue weighted by Crippen LogP contribution is 2.76. The fourth-order valence-electron chi connectivity index (χ4n) is 11.4. The van der Waals surface area contributed by atoms with Crippen LogP contribution in [0.1, 0.15) is 120 Å². The number of carbonyl (C=O) groups is 1. The van der Waals surface area contributed by atoms with Crippen LogP contribution in [0.3, 0.4) is 0 Å². The van der Waals surface area contributed by atoms with E-state index in [0.29, 0.717) is 17.8 Å². The second-order valence-electron chi connectivity index (χ2n) is 16.0. The van der Waals surface area contributed by atoms with Crippen molar-refractivity contribution >= 4 is 5.97 Å². The summed E-state index contributed by atoms with van der Waals surface area (Å²) >= 11 is 0. The second-order valence-corrected chi connectivity index (χ2v) is 16.0. The summed E-state index contributed by atoms with van der Waals surface area (Å²) in [6.45, 7) is 19.7. The topological polar surface area (TPSA) is 76.0 Å². The fraction of sp³-hybridized carbons (Fsp3) is 0.969. The van der Waals surface area contributed by atoms with Gasteiger partial charge in [0, 0.05) is 12.8 Å². The molecule has 2 N–H and O–H groups in total. The van der Waals surface area contributed by atoms with Gasteiger partial charge in [-0.25, -0.2) is 0 Å². The highest BCUT2D eigenvalue weighted by atomic mass is 16.5. The molecule has 4 unspecified atom stereocenters. The molecule has 0 amide bonds. The molecule has 0 bridgehead atoms. The number of hydrogen-bond acceptors (Lipinski definition) is 5. The van der Waals surface area contributed by atoms with Gasteiger partial charge in [0.25, 0.3) is 0 Å².